The van der Waals surface area contributed by atoms with Crippen LogP contribution in [0.15, 0.2) is 18.2 Å². The lowest BCUT2D eigenvalue weighted by molar-refractivity contribution is -0.146. The molecule has 0 aliphatic carbocycles. The molecular weight excluding hydrogens is 401 g/mol. The third kappa shape index (κ3) is 4.78. The monoisotopic (exact) mass is 425 g/mol. The average Bonchev–Trinajstić information content (AvgIpc) is 3.08. The minimum atomic E-state index is -1.36. The summed E-state index contributed by atoms with van der Waals surface area (Å²) in [7, 11) is -1.36. The van der Waals surface area contributed by atoms with Crippen molar-refractivity contribution in [1.29, 1.82) is 0 Å². The maximum atomic E-state index is 11.9. The molecule has 1 aliphatic rings. The summed E-state index contributed by atoms with van der Waals surface area (Å²) < 4.78 is 1.04. The van der Waals surface area contributed by atoms with E-state index >= 15 is 0 Å². The van der Waals surface area contributed by atoms with Gasteiger partial charge in [0.25, 0.3) is 0 Å². The van der Waals surface area contributed by atoms with Gasteiger partial charge in [0, 0.05) is 18.1 Å². The molecule has 0 bridgehead atoms. The summed E-state index contributed by atoms with van der Waals surface area (Å²) >= 11 is 7.64. The Balaban J connectivity index is 1.62. The number of aromatic nitrogens is 1. The zero-order valence-electron chi connectivity index (χ0n) is 15.6. The number of halogens is 1. The zero-order chi connectivity index (χ0) is 20.3. The molecule has 1 saturated heterocycles. The van der Waals surface area contributed by atoms with Crippen LogP contribution in [0.25, 0.3) is 10.2 Å². The number of carbonyl (C=O) groups is 1. The van der Waals surface area contributed by atoms with Gasteiger partial charge < -0.3 is 25.8 Å². The maximum Gasteiger partial charge on any atom is 0.451 e. The fraction of sp³-hybridized carbons (Fsp3) is 0.556. The molecule has 1 aromatic carbocycles. The largest absolute Gasteiger partial charge is 0.480 e. The number of aliphatic carboxylic acids is 1. The molecule has 0 amide bonds. The van der Waals surface area contributed by atoms with Crippen molar-refractivity contribution in [3.63, 3.8) is 0 Å². The van der Waals surface area contributed by atoms with Crippen LogP contribution in [0.4, 0.5) is 5.13 Å². The lowest BCUT2D eigenvalue weighted by atomic mass is 9.74. The second-order valence-electron chi connectivity index (χ2n) is 7.44. The summed E-state index contributed by atoms with van der Waals surface area (Å²) in [6, 6.07) is 5.64. The molecule has 10 heteroatoms. The molecule has 2 heterocycles. The lowest BCUT2D eigenvalue weighted by Crippen LogP contribution is -2.57. The highest BCUT2D eigenvalue weighted by Crippen LogP contribution is 2.36. The first-order valence-electron chi connectivity index (χ1n) is 9.49. The summed E-state index contributed by atoms with van der Waals surface area (Å²) in [4.78, 5) is 18.7. The van der Waals surface area contributed by atoms with E-state index in [2.05, 4.69) is 9.88 Å². The SMILES string of the molecule is NC(CCCCB(O)O)(C(=O)O)C1CCN(c2nc3ccc(Cl)cc3s2)CC1. The number of rotatable bonds is 8. The number of carboxylic acid groups (broad SMARTS) is 1. The molecule has 28 heavy (non-hydrogen) atoms. The topological polar surface area (TPSA) is 120 Å². The highest BCUT2D eigenvalue weighted by atomic mass is 35.5. The van der Waals surface area contributed by atoms with Crippen molar-refractivity contribution in [3.8, 4) is 0 Å². The molecule has 7 nitrogen and oxygen atoms in total. The van der Waals surface area contributed by atoms with Crippen molar-refractivity contribution in [2.75, 3.05) is 18.0 Å². The molecule has 1 aromatic heterocycles. The molecule has 1 atom stereocenters. The molecule has 3 rings (SSSR count). The summed E-state index contributed by atoms with van der Waals surface area (Å²) in [5, 5.41) is 29.2. The second-order valence-corrected chi connectivity index (χ2v) is 8.89. The van der Waals surface area contributed by atoms with Gasteiger partial charge in [-0.25, -0.2) is 4.98 Å². The summed E-state index contributed by atoms with van der Waals surface area (Å²) in [6.45, 7) is 1.42. The van der Waals surface area contributed by atoms with E-state index in [-0.39, 0.29) is 12.2 Å². The van der Waals surface area contributed by atoms with Gasteiger partial charge in [0.1, 0.15) is 5.54 Å². The van der Waals surface area contributed by atoms with E-state index in [1.54, 1.807) is 11.3 Å². The van der Waals surface area contributed by atoms with E-state index < -0.39 is 18.6 Å². The number of nitrogens with zero attached hydrogens (tertiary/aromatic N) is 2. The van der Waals surface area contributed by atoms with Crippen LogP contribution >= 0.6 is 22.9 Å². The van der Waals surface area contributed by atoms with Crippen LogP contribution in [0.5, 0.6) is 0 Å². The number of anilines is 1. The molecule has 0 saturated carbocycles. The van der Waals surface area contributed by atoms with Crippen molar-refractivity contribution < 1.29 is 19.9 Å². The van der Waals surface area contributed by atoms with Crippen LogP contribution in [0, 0.1) is 5.92 Å². The summed E-state index contributed by atoms with van der Waals surface area (Å²) in [5.41, 5.74) is 5.95. The number of carboxylic acids is 1. The number of hydrogen-bond acceptors (Lipinski definition) is 7. The Hall–Kier alpha value is -1.39. The first-order valence-corrected chi connectivity index (χ1v) is 10.7. The normalized spacial score (nSPS) is 17.6. The average molecular weight is 426 g/mol. The van der Waals surface area contributed by atoms with Crippen LogP contribution < -0.4 is 10.6 Å². The van der Waals surface area contributed by atoms with Gasteiger partial charge in [-0.2, -0.15) is 0 Å². The molecule has 0 spiro atoms. The predicted octanol–water partition coefficient (Wildman–Crippen LogP) is 2.59. The molecule has 2 aromatic rings. The van der Waals surface area contributed by atoms with Gasteiger partial charge in [-0.1, -0.05) is 35.8 Å². The van der Waals surface area contributed by atoms with E-state index in [0.29, 0.717) is 50.2 Å². The minimum Gasteiger partial charge on any atom is -0.480 e. The Morgan fingerprint density at radius 2 is 2.07 bits per heavy atom. The van der Waals surface area contributed by atoms with Crippen LogP contribution in [-0.4, -0.2) is 51.9 Å². The van der Waals surface area contributed by atoms with Crippen LogP contribution in [-0.2, 0) is 4.79 Å². The number of piperidine rings is 1. The Morgan fingerprint density at radius 1 is 1.36 bits per heavy atom. The third-order valence-electron chi connectivity index (χ3n) is 5.53. The lowest BCUT2D eigenvalue weighted by Gasteiger charge is -2.40. The number of nitrogens with two attached hydrogens (primary N) is 1. The minimum absolute atomic E-state index is 0.121. The Bertz CT molecular complexity index is 828. The van der Waals surface area contributed by atoms with Gasteiger partial charge in [-0.05, 0) is 49.7 Å². The van der Waals surface area contributed by atoms with Gasteiger partial charge in [0.15, 0.2) is 5.13 Å². The van der Waals surface area contributed by atoms with Crippen molar-refractivity contribution in [2.24, 2.45) is 11.7 Å². The van der Waals surface area contributed by atoms with Crippen LogP contribution in [0.3, 0.4) is 0 Å². The molecule has 5 N–H and O–H groups in total. The number of hydrogen-bond donors (Lipinski definition) is 4. The highest BCUT2D eigenvalue weighted by molar-refractivity contribution is 7.22. The number of thiazole rings is 1. The van der Waals surface area contributed by atoms with Gasteiger partial charge in [-0.15, -0.1) is 0 Å². The van der Waals surface area contributed by atoms with E-state index in [0.717, 1.165) is 15.3 Å². The maximum absolute atomic E-state index is 11.9. The molecular formula is C18H25BClN3O4S. The van der Waals surface area contributed by atoms with Crippen LogP contribution in [0.1, 0.15) is 32.1 Å². The second kappa shape index (κ2) is 8.96. The van der Waals surface area contributed by atoms with E-state index in [1.165, 1.54) is 0 Å². The fourth-order valence-electron chi connectivity index (χ4n) is 3.84. The van der Waals surface area contributed by atoms with Gasteiger partial charge >= 0.3 is 13.1 Å². The Kier molecular flexibility index (Phi) is 6.83. The molecule has 1 fully saturated rings. The van der Waals surface area contributed by atoms with Crippen molar-refractivity contribution in [3.05, 3.63) is 23.2 Å². The van der Waals surface area contributed by atoms with E-state index in [4.69, 9.17) is 27.4 Å². The molecule has 0 radical (unpaired) electrons. The Morgan fingerprint density at radius 3 is 2.71 bits per heavy atom. The molecule has 1 aliphatic heterocycles. The standard InChI is InChI=1S/C18H25BClN3O4S/c20-13-3-4-14-15(11-13)28-17(22-14)23-9-5-12(6-10-23)18(21,16(24)25)7-1-2-8-19(26)27/h3-4,11-12,26-27H,1-2,5-10,21H2,(H,24,25). The van der Waals surface area contributed by atoms with Crippen LogP contribution in [0.2, 0.25) is 11.3 Å². The first-order chi connectivity index (χ1) is 13.3. The van der Waals surface area contributed by atoms with E-state index in [1.807, 2.05) is 18.2 Å². The third-order valence-corrected chi connectivity index (χ3v) is 6.85. The van der Waals surface area contributed by atoms with Gasteiger partial charge in [-0.3, -0.25) is 4.79 Å². The first kappa shape index (κ1) is 21.3. The quantitative estimate of drug-likeness (QED) is 0.379. The fourth-order valence-corrected chi connectivity index (χ4v) is 5.13. The van der Waals surface area contributed by atoms with Crippen molar-refractivity contribution >= 4 is 51.4 Å². The van der Waals surface area contributed by atoms with Crippen molar-refractivity contribution in [1.82, 2.24) is 4.98 Å². The molecule has 1 unspecified atom stereocenters. The van der Waals surface area contributed by atoms with E-state index in [9.17, 15) is 9.90 Å². The number of benzene rings is 1. The zero-order valence-corrected chi connectivity index (χ0v) is 17.1. The van der Waals surface area contributed by atoms with Gasteiger partial charge in [0.2, 0.25) is 0 Å². The number of fused-ring (bicyclic) bond motifs is 1. The van der Waals surface area contributed by atoms with Crippen molar-refractivity contribution in [2.45, 2.75) is 44.0 Å². The summed E-state index contributed by atoms with van der Waals surface area (Å²) in [6.07, 6.45) is 3.02. The highest BCUT2D eigenvalue weighted by Gasteiger charge is 2.43. The predicted molar refractivity (Wildman–Crippen MR) is 113 cm³/mol. The molecule has 152 valence electrons. The van der Waals surface area contributed by atoms with Gasteiger partial charge in [0.05, 0.1) is 10.2 Å². The Labute approximate surface area is 173 Å². The summed E-state index contributed by atoms with van der Waals surface area (Å²) in [5.74, 6) is -1.10. The smallest absolute Gasteiger partial charge is 0.451 e. The number of unbranched alkanes of at least 4 members (excludes halogenated alkanes) is 1.